The number of nitrogens with one attached hydrogen (secondary N) is 2. The average Bonchev–Trinajstić information content (AvgIpc) is 2.02. The van der Waals surface area contributed by atoms with Gasteiger partial charge in [-0.15, -0.1) is 0 Å². The lowest BCUT2D eigenvalue weighted by Crippen LogP contribution is -2.38. The van der Waals surface area contributed by atoms with Gasteiger partial charge in [0.25, 0.3) is 0 Å². The molecule has 0 saturated heterocycles. The maximum atomic E-state index is 11.1. The molecule has 80 valence electrons. The molecule has 0 saturated carbocycles. The van der Waals surface area contributed by atoms with E-state index in [-0.39, 0.29) is 30.6 Å². The highest BCUT2D eigenvalue weighted by atomic mass is 16.4. The Kier molecular flexibility index (Phi) is 5.55. The molecule has 5 heteroatoms. The molecule has 0 radical (unpaired) electrons. The lowest BCUT2D eigenvalue weighted by Gasteiger charge is -2.08. The zero-order chi connectivity index (χ0) is 11.1. The fourth-order valence-electron chi connectivity index (χ4n) is 0.776. The Morgan fingerprint density at radius 3 is 2.36 bits per heavy atom. The van der Waals surface area contributed by atoms with Gasteiger partial charge in [0.15, 0.2) is 0 Å². The summed E-state index contributed by atoms with van der Waals surface area (Å²) in [6, 6.07) is 0.0898. The smallest absolute Gasteiger partial charge is 0.332 e. The standard InChI is InChI=1S/C9H16N2O3/c1-6(2)11-8(12)5-10-4-7(3)9(13)14/h6,10H,3-5H2,1-2H3,(H,11,12)(H,13,14). The Hall–Kier alpha value is -1.36. The van der Waals surface area contributed by atoms with Crippen molar-refractivity contribution in [2.45, 2.75) is 19.9 Å². The summed E-state index contributed by atoms with van der Waals surface area (Å²) in [5.74, 6) is -1.21. The molecule has 0 heterocycles. The van der Waals surface area contributed by atoms with Crippen LogP contribution in [0.2, 0.25) is 0 Å². The molecule has 1 amide bonds. The van der Waals surface area contributed by atoms with Gasteiger partial charge in [-0.2, -0.15) is 0 Å². The summed E-state index contributed by atoms with van der Waals surface area (Å²) in [6.45, 7) is 7.24. The van der Waals surface area contributed by atoms with Gasteiger partial charge in [0.05, 0.1) is 6.54 Å². The molecule has 0 bridgehead atoms. The van der Waals surface area contributed by atoms with Gasteiger partial charge in [-0.1, -0.05) is 6.58 Å². The van der Waals surface area contributed by atoms with E-state index in [1.165, 1.54) is 0 Å². The largest absolute Gasteiger partial charge is 0.478 e. The molecule has 0 aliphatic rings. The third kappa shape index (κ3) is 6.19. The van der Waals surface area contributed by atoms with Crippen LogP contribution in [-0.2, 0) is 9.59 Å². The first kappa shape index (κ1) is 12.6. The fraction of sp³-hybridized carbons (Fsp3) is 0.556. The number of rotatable bonds is 6. The van der Waals surface area contributed by atoms with Crippen molar-refractivity contribution in [1.29, 1.82) is 0 Å². The number of carbonyl (C=O) groups excluding carboxylic acids is 1. The van der Waals surface area contributed by atoms with Crippen LogP contribution >= 0.6 is 0 Å². The minimum Gasteiger partial charge on any atom is -0.478 e. The Morgan fingerprint density at radius 1 is 1.36 bits per heavy atom. The summed E-state index contributed by atoms with van der Waals surface area (Å²) in [5, 5.41) is 13.8. The summed E-state index contributed by atoms with van der Waals surface area (Å²) < 4.78 is 0. The first-order chi connectivity index (χ1) is 6.43. The Morgan fingerprint density at radius 2 is 1.93 bits per heavy atom. The highest BCUT2D eigenvalue weighted by Crippen LogP contribution is 1.85. The van der Waals surface area contributed by atoms with Gasteiger partial charge < -0.3 is 15.7 Å². The van der Waals surface area contributed by atoms with E-state index in [1.807, 2.05) is 13.8 Å². The van der Waals surface area contributed by atoms with Crippen LogP contribution in [-0.4, -0.2) is 36.1 Å². The van der Waals surface area contributed by atoms with Gasteiger partial charge in [0.1, 0.15) is 0 Å². The molecule has 5 nitrogen and oxygen atoms in total. The molecule has 0 aliphatic carbocycles. The molecule has 0 aliphatic heterocycles. The fourth-order valence-corrected chi connectivity index (χ4v) is 0.776. The normalized spacial score (nSPS) is 9.93. The molecule has 0 aromatic heterocycles. The summed E-state index contributed by atoms with van der Waals surface area (Å²) in [4.78, 5) is 21.4. The second-order valence-corrected chi connectivity index (χ2v) is 3.23. The van der Waals surface area contributed by atoms with Crippen LogP contribution in [0.3, 0.4) is 0 Å². The topological polar surface area (TPSA) is 78.4 Å². The van der Waals surface area contributed by atoms with E-state index in [4.69, 9.17) is 5.11 Å². The Balaban J connectivity index is 3.59. The predicted octanol–water partition coefficient (Wildman–Crippen LogP) is -0.259. The van der Waals surface area contributed by atoms with Crippen molar-refractivity contribution in [3.63, 3.8) is 0 Å². The maximum absolute atomic E-state index is 11.1. The van der Waals surface area contributed by atoms with Crippen molar-refractivity contribution < 1.29 is 14.7 Å². The molecule has 0 fully saturated rings. The van der Waals surface area contributed by atoms with E-state index >= 15 is 0 Å². The Labute approximate surface area is 83.2 Å². The number of amides is 1. The molecule has 0 rings (SSSR count). The van der Waals surface area contributed by atoms with Crippen molar-refractivity contribution in [3.8, 4) is 0 Å². The van der Waals surface area contributed by atoms with Crippen LogP contribution in [0.15, 0.2) is 12.2 Å². The number of hydrogen-bond acceptors (Lipinski definition) is 3. The molecular formula is C9H16N2O3. The average molecular weight is 200 g/mol. The van der Waals surface area contributed by atoms with Gasteiger partial charge in [-0.25, -0.2) is 4.79 Å². The monoisotopic (exact) mass is 200 g/mol. The van der Waals surface area contributed by atoms with E-state index in [2.05, 4.69) is 17.2 Å². The molecule has 0 unspecified atom stereocenters. The third-order valence-electron chi connectivity index (χ3n) is 1.38. The highest BCUT2D eigenvalue weighted by Gasteiger charge is 2.05. The first-order valence-corrected chi connectivity index (χ1v) is 4.34. The number of aliphatic carboxylic acids is 1. The van der Waals surface area contributed by atoms with E-state index in [0.29, 0.717) is 0 Å². The number of carbonyl (C=O) groups is 2. The van der Waals surface area contributed by atoms with Gasteiger partial charge >= 0.3 is 5.97 Å². The molecule has 14 heavy (non-hydrogen) atoms. The minimum absolute atomic E-state index is 0.0438. The number of carboxylic acids is 1. The van der Waals surface area contributed by atoms with Gasteiger partial charge in [0.2, 0.25) is 5.91 Å². The molecule has 0 spiro atoms. The molecule has 0 atom stereocenters. The lowest BCUT2D eigenvalue weighted by molar-refractivity contribution is -0.132. The summed E-state index contributed by atoms with van der Waals surface area (Å²) in [5.41, 5.74) is 0.0438. The zero-order valence-corrected chi connectivity index (χ0v) is 8.46. The summed E-state index contributed by atoms with van der Waals surface area (Å²) >= 11 is 0. The lowest BCUT2D eigenvalue weighted by atomic mass is 10.3. The van der Waals surface area contributed by atoms with Crippen molar-refractivity contribution in [2.75, 3.05) is 13.1 Å². The van der Waals surface area contributed by atoms with E-state index < -0.39 is 5.97 Å². The van der Waals surface area contributed by atoms with Crippen LogP contribution < -0.4 is 10.6 Å². The van der Waals surface area contributed by atoms with Crippen LogP contribution in [0.25, 0.3) is 0 Å². The van der Waals surface area contributed by atoms with Crippen molar-refractivity contribution in [2.24, 2.45) is 0 Å². The van der Waals surface area contributed by atoms with E-state index in [0.717, 1.165) is 0 Å². The first-order valence-electron chi connectivity index (χ1n) is 4.34. The van der Waals surface area contributed by atoms with Crippen LogP contribution in [0.4, 0.5) is 0 Å². The van der Waals surface area contributed by atoms with E-state index in [9.17, 15) is 9.59 Å². The molecule has 3 N–H and O–H groups in total. The van der Waals surface area contributed by atoms with Crippen molar-refractivity contribution >= 4 is 11.9 Å². The SMILES string of the molecule is C=C(CNCC(=O)NC(C)C)C(=O)O. The van der Waals surface area contributed by atoms with E-state index in [1.54, 1.807) is 0 Å². The Bertz CT molecular complexity index is 236. The maximum Gasteiger partial charge on any atom is 0.332 e. The second kappa shape index (κ2) is 6.15. The predicted molar refractivity (Wildman–Crippen MR) is 52.9 cm³/mol. The minimum atomic E-state index is -1.05. The van der Waals surface area contributed by atoms with Crippen LogP contribution in [0, 0.1) is 0 Å². The van der Waals surface area contributed by atoms with Crippen molar-refractivity contribution in [1.82, 2.24) is 10.6 Å². The molecule has 0 aromatic carbocycles. The molecular weight excluding hydrogens is 184 g/mol. The molecule has 0 aromatic rings. The van der Waals surface area contributed by atoms with Crippen LogP contribution in [0.5, 0.6) is 0 Å². The second-order valence-electron chi connectivity index (χ2n) is 3.23. The number of carboxylic acid groups (broad SMARTS) is 1. The third-order valence-corrected chi connectivity index (χ3v) is 1.38. The van der Waals surface area contributed by atoms with Gasteiger partial charge in [0, 0.05) is 18.2 Å². The van der Waals surface area contributed by atoms with Gasteiger partial charge in [-0.05, 0) is 13.8 Å². The number of hydrogen-bond donors (Lipinski definition) is 3. The van der Waals surface area contributed by atoms with Crippen LogP contribution in [0.1, 0.15) is 13.8 Å². The van der Waals surface area contributed by atoms with Crippen molar-refractivity contribution in [3.05, 3.63) is 12.2 Å². The summed E-state index contributed by atoms with van der Waals surface area (Å²) in [7, 11) is 0. The quantitative estimate of drug-likeness (QED) is 0.516. The highest BCUT2D eigenvalue weighted by molar-refractivity contribution is 5.86. The summed E-state index contributed by atoms with van der Waals surface area (Å²) in [6.07, 6.45) is 0. The van der Waals surface area contributed by atoms with Gasteiger partial charge in [-0.3, -0.25) is 4.79 Å². The zero-order valence-electron chi connectivity index (χ0n) is 8.46.